The molecule has 2 aromatic heterocycles. The molecule has 0 radical (unpaired) electrons. The molecule has 12 heteroatoms. The van der Waals surface area contributed by atoms with Gasteiger partial charge in [0.15, 0.2) is 12.4 Å². The zero-order valence-corrected chi connectivity index (χ0v) is 22.3. The molecule has 1 saturated heterocycles. The van der Waals surface area contributed by atoms with Crippen LogP contribution in [-0.2, 0) is 6.54 Å². The monoisotopic (exact) mass is 562 g/mol. The fraction of sp³-hybridized carbons (Fsp3) is 0.519. The molecule has 2 fully saturated rings. The van der Waals surface area contributed by atoms with Crippen molar-refractivity contribution in [2.75, 3.05) is 41.9 Å². The Morgan fingerprint density at radius 2 is 2.10 bits per heavy atom. The van der Waals surface area contributed by atoms with Crippen molar-refractivity contribution >= 4 is 45.6 Å². The van der Waals surface area contributed by atoms with Gasteiger partial charge in [-0.25, -0.2) is 13.8 Å². The molecule has 0 bridgehead atoms. The molecule has 0 amide bonds. The second kappa shape index (κ2) is 10.1. The Kier molecular flexibility index (Phi) is 6.73. The molecule has 2 N–H and O–H groups in total. The van der Waals surface area contributed by atoms with Crippen LogP contribution in [0.25, 0.3) is 10.9 Å². The number of ether oxygens (including phenoxy) is 1. The Balaban J connectivity index is 1.39. The number of hydrogen-bond donors (Lipinski definition) is 2. The van der Waals surface area contributed by atoms with Gasteiger partial charge >= 0.3 is 5.92 Å². The van der Waals surface area contributed by atoms with Crippen molar-refractivity contribution in [3.05, 3.63) is 39.8 Å². The predicted molar refractivity (Wildman–Crippen MR) is 146 cm³/mol. The number of aryl methyl sites for hydroxylation is 1. The fourth-order valence-corrected chi connectivity index (χ4v) is 5.76. The number of anilines is 4. The first kappa shape index (κ1) is 26.0. The number of hydrogen-bond acceptors (Lipinski definition) is 7. The van der Waals surface area contributed by atoms with Crippen molar-refractivity contribution in [1.82, 2.24) is 14.5 Å². The number of fused-ring (bicyclic) bond motifs is 3. The van der Waals surface area contributed by atoms with Gasteiger partial charge in [0.25, 0.3) is 5.56 Å². The van der Waals surface area contributed by atoms with Crippen molar-refractivity contribution in [3.8, 4) is 5.75 Å². The third-order valence-electron chi connectivity index (χ3n) is 7.81. The number of aromatic nitrogens is 3. The lowest BCUT2D eigenvalue weighted by atomic mass is 10.00. The van der Waals surface area contributed by atoms with Gasteiger partial charge in [-0.15, -0.1) is 0 Å². The third-order valence-corrected chi connectivity index (χ3v) is 8.09. The summed E-state index contributed by atoms with van der Waals surface area (Å²) < 4.78 is 50.3. The topological polar surface area (TPSA) is 84.3 Å². The minimum Gasteiger partial charge on any atom is -0.480 e. The number of benzene rings is 1. The minimum atomic E-state index is -3.12. The van der Waals surface area contributed by atoms with Crippen LogP contribution in [0.4, 0.5) is 36.3 Å². The second-order valence-electron chi connectivity index (χ2n) is 10.6. The maximum absolute atomic E-state index is 15.0. The Morgan fingerprint density at radius 1 is 1.28 bits per heavy atom. The number of rotatable bonds is 6. The molecule has 208 valence electrons. The van der Waals surface area contributed by atoms with E-state index < -0.39 is 24.1 Å². The molecule has 6 rings (SSSR count). The molecular formula is C27H30ClF3N6O2. The quantitative estimate of drug-likeness (QED) is 0.404. The molecule has 8 nitrogen and oxygen atoms in total. The first-order chi connectivity index (χ1) is 18.8. The van der Waals surface area contributed by atoms with Gasteiger partial charge in [-0.1, -0.05) is 11.6 Å². The van der Waals surface area contributed by atoms with Crippen LogP contribution >= 0.6 is 11.6 Å². The lowest BCUT2D eigenvalue weighted by Gasteiger charge is -2.31. The summed E-state index contributed by atoms with van der Waals surface area (Å²) in [6.07, 6.45) is 4.61. The SMILES string of the molecule is CCn1c(=O)c2c(c3cc(Nc4nc(N5CCCC(CF)C5)ncc4Cl)ccc31)NC(C1CC1)C(F)(F)CO2. The van der Waals surface area contributed by atoms with Crippen LogP contribution in [0.5, 0.6) is 5.75 Å². The van der Waals surface area contributed by atoms with Crippen LogP contribution in [0.3, 0.4) is 0 Å². The standard InChI is InChI=1S/C27H30ClF3N6O2/c1-2-37-20-8-7-17(33-24-19(28)12-32-26(35-24)36-9-3-4-15(11-29)13-36)10-18(20)21-22(25(37)38)39-14-27(30,31)23(34-21)16-5-6-16/h7-8,10,12,15-16,23,34H,2-6,9,11,13-14H2,1H3,(H,32,33,35). The van der Waals surface area contributed by atoms with Gasteiger partial charge in [-0.3, -0.25) is 9.18 Å². The van der Waals surface area contributed by atoms with Crippen LogP contribution in [0.2, 0.25) is 5.02 Å². The molecular weight excluding hydrogens is 533 g/mol. The van der Waals surface area contributed by atoms with Gasteiger partial charge in [-0.05, 0) is 56.7 Å². The third kappa shape index (κ3) is 4.85. The lowest BCUT2D eigenvalue weighted by Crippen LogP contribution is -2.44. The summed E-state index contributed by atoms with van der Waals surface area (Å²) in [5, 5.41) is 7.10. The van der Waals surface area contributed by atoms with E-state index in [1.807, 2.05) is 11.8 Å². The van der Waals surface area contributed by atoms with Crippen molar-refractivity contribution in [2.24, 2.45) is 11.8 Å². The zero-order chi connectivity index (χ0) is 27.3. The Hall–Kier alpha value is -3.21. The molecule has 4 heterocycles. The summed E-state index contributed by atoms with van der Waals surface area (Å²) in [6.45, 7) is 2.19. The summed E-state index contributed by atoms with van der Waals surface area (Å²) in [4.78, 5) is 24.2. The summed E-state index contributed by atoms with van der Waals surface area (Å²) in [5.41, 5.74) is 1.02. The molecule has 1 aromatic carbocycles. The summed E-state index contributed by atoms with van der Waals surface area (Å²) >= 11 is 6.43. The summed E-state index contributed by atoms with van der Waals surface area (Å²) in [7, 11) is 0. The van der Waals surface area contributed by atoms with Gasteiger partial charge in [0.2, 0.25) is 11.7 Å². The highest BCUT2D eigenvalue weighted by Gasteiger charge is 2.51. The highest BCUT2D eigenvalue weighted by atomic mass is 35.5. The van der Waals surface area contributed by atoms with E-state index in [0.29, 0.717) is 59.3 Å². The number of halogens is 4. The number of alkyl halides is 3. The molecule has 1 aliphatic carbocycles. The van der Waals surface area contributed by atoms with Gasteiger partial charge in [0, 0.05) is 36.6 Å². The highest BCUT2D eigenvalue weighted by Crippen LogP contribution is 2.45. The van der Waals surface area contributed by atoms with E-state index >= 15 is 0 Å². The van der Waals surface area contributed by atoms with Crippen molar-refractivity contribution in [2.45, 2.75) is 51.1 Å². The number of piperidine rings is 1. The number of nitrogens with one attached hydrogen (secondary N) is 2. The molecule has 3 aliphatic rings. The van der Waals surface area contributed by atoms with E-state index in [9.17, 15) is 18.0 Å². The normalized spacial score (nSPS) is 22.5. The van der Waals surface area contributed by atoms with E-state index in [1.165, 1.54) is 10.8 Å². The van der Waals surface area contributed by atoms with Crippen LogP contribution in [0.1, 0.15) is 32.6 Å². The summed E-state index contributed by atoms with van der Waals surface area (Å²) in [5.74, 6) is -2.62. The number of pyridine rings is 1. The molecule has 2 unspecified atom stereocenters. The molecule has 0 spiro atoms. The van der Waals surface area contributed by atoms with Crippen LogP contribution in [0, 0.1) is 11.8 Å². The largest absolute Gasteiger partial charge is 0.480 e. The van der Waals surface area contributed by atoms with Crippen LogP contribution in [-0.4, -0.2) is 52.9 Å². The van der Waals surface area contributed by atoms with E-state index in [0.717, 1.165) is 19.4 Å². The highest BCUT2D eigenvalue weighted by molar-refractivity contribution is 6.32. The summed E-state index contributed by atoms with van der Waals surface area (Å²) in [6, 6.07) is 4.21. The first-order valence-electron chi connectivity index (χ1n) is 13.4. The van der Waals surface area contributed by atoms with Crippen LogP contribution in [0.15, 0.2) is 29.2 Å². The maximum Gasteiger partial charge on any atom is 0.301 e. The van der Waals surface area contributed by atoms with Gasteiger partial charge < -0.3 is 24.8 Å². The average molecular weight is 563 g/mol. The van der Waals surface area contributed by atoms with Gasteiger partial charge in [0.05, 0.1) is 30.1 Å². The van der Waals surface area contributed by atoms with E-state index in [2.05, 4.69) is 20.6 Å². The fourth-order valence-electron chi connectivity index (χ4n) is 5.62. The molecule has 39 heavy (non-hydrogen) atoms. The molecule has 2 atom stereocenters. The molecule has 2 aliphatic heterocycles. The average Bonchev–Trinajstić information content (AvgIpc) is 3.78. The van der Waals surface area contributed by atoms with E-state index in [-0.39, 0.29) is 29.9 Å². The van der Waals surface area contributed by atoms with Crippen LogP contribution < -0.4 is 25.8 Å². The van der Waals surface area contributed by atoms with Crippen molar-refractivity contribution in [1.29, 1.82) is 0 Å². The minimum absolute atomic E-state index is 0.0529. The van der Waals surface area contributed by atoms with E-state index in [1.54, 1.807) is 18.2 Å². The predicted octanol–water partition coefficient (Wildman–Crippen LogP) is 5.61. The molecule has 1 saturated carbocycles. The van der Waals surface area contributed by atoms with Crippen molar-refractivity contribution < 1.29 is 17.9 Å². The Labute approximate surface area is 228 Å². The van der Waals surface area contributed by atoms with Gasteiger partial charge in [-0.2, -0.15) is 4.98 Å². The Morgan fingerprint density at radius 3 is 2.85 bits per heavy atom. The van der Waals surface area contributed by atoms with Gasteiger partial charge in [0.1, 0.15) is 5.02 Å². The zero-order valence-electron chi connectivity index (χ0n) is 21.5. The second-order valence-corrected chi connectivity index (χ2v) is 11.0. The smallest absolute Gasteiger partial charge is 0.301 e. The van der Waals surface area contributed by atoms with Crippen molar-refractivity contribution in [3.63, 3.8) is 0 Å². The molecule has 3 aromatic rings. The first-order valence-corrected chi connectivity index (χ1v) is 13.7. The lowest BCUT2D eigenvalue weighted by molar-refractivity contribution is -0.0579. The Bertz CT molecular complexity index is 1460. The number of nitrogens with zero attached hydrogens (tertiary/aromatic N) is 4. The van der Waals surface area contributed by atoms with E-state index in [4.69, 9.17) is 16.3 Å². The maximum atomic E-state index is 15.0.